The molecule has 0 aliphatic carbocycles. The maximum atomic E-state index is 11.8. The molecule has 0 heterocycles. The topological polar surface area (TPSA) is 47.6 Å². The first-order valence-electron chi connectivity index (χ1n) is 7.08. The van der Waals surface area contributed by atoms with Gasteiger partial charge in [-0.2, -0.15) is 0 Å². The van der Waals surface area contributed by atoms with Crippen LogP contribution in [0.3, 0.4) is 0 Å². The molecule has 1 aromatic carbocycles. The molecule has 1 rings (SSSR count). The van der Waals surface area contributed by atoms with E-state index in [1.54, 1.807) is 6.92 Å². The first-order chi connectivity index (χ1) is 9.40. The van der Waals surface area contributed by atoms with Crippen molar-refractivity contribution in [3.05, 3.63) is 29.8 Å². The highest BCUT2D eigenvalue weighted by Crippen LogP contribution is 2.20. The number of ether oxygens (including phenoxy) is 1. The number of hydroxylamine groups is 1. The lowest BCUT2D eigenvalue weighted by Gasteiger charge is -2.16. The fourth-order valence-corrected chi connectivity index (χ4v) is 1.57. The van der Waals surface area contributed by atoms with Gasteiger partial charge in [0.15, 0.2) is 6.10 Å². The van der Waals surface area contributed by atoms with Crippen LogP contribution in [0, 0.1) is 5.92 Å². The summed E-state index contributed by atoms with van der Waals surface area (Å²) in [5, 5.41) is 0. The van der Waals surface area contributed by atoms with Crippen LogP contribution in [-0.4, -0.2) is 18.6 Å². The highest BCUT2D eigenvalue weighted by molar-refractivity contribution is 5.79. The highest BCUT2D eigenvalue weighted by atomic mass is 16.7. The number of amides is 1. The molecule has 4 nitrogen and oxygen atoms in total. The molecule has 0 saturated carbocycles. The number of hydrogen-bond acceptors (Lipinski definition) is 3. The smallest absolute Gasteiger partial charge is 0.284 e. The lowest BCUT2D eigenvalue weighted by molar-refractivity contribution is -0.140. The summed E-state index contributed by atoms with van der Waals surface area (Å²) in [6.45, 7) is 10.5. The van der Waals surface area contributed by atoms with Gasteiger partial charge in [-0.1, -0.05) is 39.8 Å². The zero-order valence-electron chi connectivity index (χ0n) is 13.0. The van der Waals surface area contributed by atoms with E-state index in [-0.39, 0.29) is 5.91 Å². The molecule has 20 heavy (non-hydrogen) atoms. The molecule has 1 unspecified atom stereocenters. The molecule has 0 fully saturated rings. The van der Waals surface area contributed by atoms with Gasteiger partial charge in [0.1, 0.15) is 5.75 Å². The third-order valence-corrected chi connectivity index (χ3v) is 2.80. The summed E-state index contributed by atoms with van der Waals surface area (Å²) in [6.07, 6.45) is -0.593. The molecule has 1 N–H and O–H groups in total. The van der Waals surface area contributed by atoms with Gasteiger partial charge in [0, 0.05) is 0 Å². The Hall–Kier alpha value is -1.55. The maximum absolute atomic E-state index is 11.8. The molecule has 0 aliphatic rings. The number of rotatable bonds is 7. The molecule has 4 heteroatoms. The van der Waals surface area contributed by atoms with E-state index in [0.29, 0.717) is 24.2 Å². The fourth-order valence-electron chi connectivity index (χ4n) is 1.57. The average molecular weight is 279 g/mol. The first kappa shape index (κ1) is 16.5. The summed E-state index contributed by atoms with van der Waals surface area (Å²) >= 11 is 0. The van der Waals surface area contributed by atoms with Crippen molar-refractivity contribution in [1.82, 2.24) is 5.48 Å². The van der Waals surface area contributed by atoms with Gasteiger partial charge in [-0.25, -0.2) is 5.48 Å². The molecule has 1 atom stereocenters. The van der Waals surface area contributed by atoms with Crippen LogP contribution in [0.5, 0.6) is 5.75 Å². The molecule has 0 radical (unpaired) electrons. The third kappa shape index (κ3) is 5.61. The van der Waals surface area contributed by atoms with Crippen LogP contribution in [0.25, 0.3) is 0 Å². The molecule has 0 bridgehead atoms. The zero-order valence-corrected chi connectivity index (χ0v) is 13.0. The molecule has 112 valence electrons. The maximum Gasteiger partial charge on any atom is 0.284 e. The minimum atomic E-state index is -0.593. The Kier molecular flexibility index (Phi) is 6.52. The van der Waals surface area contributed by atoms with Crippen molar-refractivity contribution in [3.8, 4) is 5.75 Å². The molecule has 0 saturated heterocycles. The Labute approximate surface area is 121 Å². The number of carbonyl (C=O) groups excluding carboxylic acids is 1. The van der Waals surface area contributed by atoms with Crippen molar-refractivity contribution in [3.63, 3.8) is 0 Å². The number of nitrogens with one attached hydrogen (secondary N) is 1. The van der Waals surface area contributed by atoms with E-state index in [2.05, 4.69) is 19.3 Å². The summed E-state index contributed by atoms with van der Waals surface area (Å²) in [6, 6.07) is 7.80. The van der Waals surface area contributed by atoms with Crippen LogP contribution in [0.2, 0.25) is 0 Å². The van der Waals surface area contributed by atoms with Crippen molar-refractivity contribution in [2.24, 2.45) is 5.92 Å². The SMILES string of the molecule is CC(C)CONC(=O)C(C)Oc1cccc(C(C)C)c1. The van der Waals surface area contributed by atoms with Crippen molar-refractivity contribution >= 4 is 5.91 Å². The summed E-state index contributed by atoms with van der Waals surface area (Å²) in [5.74, 6) is 1.22. The minimum Gasteiger partial charge on any atom is -0.481 e. The van der Waals surface area contributed by atoms with E-state index in [9.17, 15) is 4.79 Å². The van der Waals surface area contributed by atoms with Crippen LogP contribution in [-0.2, 0) is 9.63 Å². The summed E-state index contributed by atoms with van der Waals surface area (Å²) in [4.78, 5) is 16.9. The standard InChI is InChI=1S/C16H25NO3/c1-11(2)10-19-17-16(18)13(5)20-15-8-6-7-14(9-15)12(3)4/h6-9,11-13H,10H2,1-5H3,(H,17,18). The van der Waals surface area contributed by atoms with Gasteiger partial charge in [0.25, 0.3) is 5.91 Å². The van der Waals surface area contributed by atoms with Crippen LogP contribution >= 0.6 is 0 Å². The summed E-state index contributed by atoms with van der Waals surface area (Å²) < 4.78 is 5.63. The predicted molar refractivity (Wildman–Crippen MR) is 79.6 cm³/mol. The minimum absolute atomic E-state index is 0.277. The van der Waals surface area contributed by atoms with Crippen LogP contribution < -0.4 is 10.2 Å². The third-order valence-electron chi connectivity index (χ3n) is 2.80. The van der Waals surface area contributed by atoms with E-state index in [1.165, 1.54) is 5.56 Å². The van der Waals surface area contributed by atoms with Gasteiger partial charge in [-0.05, 0) is 36.5 Å². The second kappa shape index (κ2) is 7.90. The number of carbonyl (C=O) groups is 1. The second-order valence-electron chi connectivity index (χ2n) is 5.66. The van der Waals surface area contributed by atoms with Gasteiger partial charge < -0.3 is 4.74 Å². The lowest BCUT2D eigenvalue weighted by atomic mass is 10.0. The Morgan fingerprint density at radius 2 is 1.90 bits per heavy atom. The van der Waals surface area contributed by atoms with Gasteiger partial charge in [-0.3, -0.25) is 9.63 Å². The number of hydrogen-bond donors (Lipinski definition) is 1. The highest BCUT2D eigenvalue weighted by Gasteiger charge is 2.15. The Morgan fingerprint density at radius 3 is 2.50 bits per heavy atom. The van der Waals surface area contributed by atoms with Gasteiger partial charge >= 0.3 is 0 Å². The summed E-state index contributed by atoms with van der Waals surface area (Å²) in [5.41, 5.74) is 3.59. The predicted octanol–water partition coefficient (Wildman–Crippen LogP) is 3.28. The molecule has 1 amide bonds. The van der Waals surface area contributed by atoms with E-state index in [1.807, 2.05) is 38.1 Å². The van der Waals surface area contributed by atoms with Crippen molar-refractivity contribution in [2.45, 2.75) is 46.6 Å². The second-order valence-corrected chi connectivity index (χ2v) is 5.66. The Morgan fingerprint density at radius 1 is 1.20 bits per heavy atom. The molecular formula is C16H25NO3. The average Bonchev–Trinajstić information content (AvgIpc) is 2.38. The first-order valence-corrected chi connectivity index (χ1v) is 7.08. The van der Waals surface area contributed by atoms with Crippen LogP contribution in [0.15, 0.2) is 24.3 Å². The molecule has 1 aromatic rings. The zero-order chi connectivity index (χ0) is 15.1. The molecule has 0 aliphatic heterocycles. The molecular weight excluding hydrogens is 254 g/mol. The number of benzene rings is 1. The fraction of sp³-hybridized carbons (Fsp3) is 0.562. The van der Waals surface area contributed by atoms with E-state index < -0.39 is 6.10 Å². The van der Waals surface area contributed by atoms with E-state index in [4.69, 9.17) is 9.57 Å². The monoisotopic (exact) mass is 279 g/mol. The van der Waals surface area contributed by atoms with Crippen molar-refractivity contribution in [2.75, 3.05) is 6.61 Å². The Balaban J connectivity index is 2.50. The quantitative estimate of drug-likeness (QED) is 0.779. The Bertz CT molecular complexity index is 429. The van der Waals surface area contributed by atoms with Crippen LogP contribution in [0.1, 0.15) is 46.1 Å². The van der Waals surface area contributed by atoms with Crippen molar-refractivity contribution < 1.29 is 14.4 Å². The van der Waals surface area contributed by atoms with Crippen molar-refractivity contribution in [1.29, 1.82) is 0 Å². The van der Waals surface area contributed by atoms with Gasteiger partial charge in [-0.15, -0.1) is 0 Å². The van der Waals surface area contributed by atoms with Gasteiger partial charge in [0.2, 0.25) is 0 Å². The summed E-state index contributed by atoms with van der Waals surface area (Å²) in [7, 11) is 0. The van der Waals surface area contributed by atoms with E-state index in [0.717, 1.165) is 0 Å². The molecule has 0 spiro atoms. The normalized spacial score (nSPS) is 12.6. The lowest BCUT2D eigenvalue weighted by Crippen LogP contribution is -2.37. The largest absolute Gasteiger partial charge is 0.481 e. The molecule has 0 aromatic heterocycles. The van der Waals surface area contributed by atoms with E-state index >= 15 is 0 Å². The van der Waals surface area contributed by atoms with Crippen LogP contribution in [0.4, 0.5) is 0 Å². The van der Waals surface area contributed by atoms with Gasteiger partial charge in [0.05, 0.1) is 6.61 Å².